The normalized spacial score (nSPS) is 10.1. The van der Waals surface area contributed by atoms with E-state index in [2.05, 4.69) is 10.3 Å². The minimum Gasteiger partial charge on any atom is -0.452 e. The van der Waals surface area contributed by atoms with Crippen molar-refractivity contribution in [2.45, 2.75) is 0 Å². The molecule has 0 atom stereocenters. The van der Waals surface area contributed by atoms with E-state index in [4.69, 9.17) is 16.3 Å². The Morgan fingerprint density at radius 3 is 2.64 bits per heavy atom. The highest BCUT2D eigenvalue weighted by Crippen LogP contribution is 2.14. The minimum absolute atomic E-state index is 0.116. The number of pyridine rings is 1. The molecule has 0 radical (unpaired) electrons. The van der Waals surface area contributed by atoms with Gasteiger partial charge in [0.05, 0.1) is 11.3 Å². The molecule has 0 aliphatic rings. The first-order valence-corrected chi connectivity index (χ1v) is 6.37. The number of anilines is 1. The third kappa shape index (κ3) is 4.23. The van der Waals surface area contributed by atoms with Gasteiger partial charge in [0.2, 0.25) is 0 Å². The lowest BCUT2D eigenvalue weighted by atomic mass is 10.3. The summed E-state index contributed by atoms with van der Waals surface area (Å²) in [5.41, 5.74) is -0.0965. The molecule has 0 aliphatic carbocycles. The zero-order valence-corrected chi connectivity index (χ0v) is 11.7. The van der Waals surface area contributed by atoms with Gasteiger partial charge in [-0.05, 0) is 24.3 Å². The zero-order chi connectivity index (χ0) is 16.1. The van der Waals surface area contributed by atoms with Crippen LogP contribution in [0.3, 0.4) is 0 Å². The average molecular weight is 327 g/mol. The number of aromatic nitrogens is 1. The highest BCUT2D eigenvalue weighted by Gasteiger charge is 2.12. The summed E-state index contributed by atoms with van der Waals surface area (Å²) in [4.78, 5) is 26.9. The molecule has 1 aromatic heterocycles. The quantitative estimate of drug-likeness (QED) is 0.693. The van der Waals surface area contributed by atoms with Crippen molar-refractivity contribution >= 4 is 29.2 Å². The molecule has 0 unspecified atom stereocenters. The summed E-state index contributed by atoms with van der Waals surface area (Å²) in [5, 5.41) is 2.37. The summed E-state index contributed by atoms with van der Waals surface area (Å²) in [7, 11) is 0. The number of hydrogen-bond acceptors (Lipinski definition) is 4. The minimum atomic E-state index is -0.929. The van der Waals surface area contributed by atoms with E-state index in [1.165, 1.54) is 18.3 Å². The molecule has 0 saturated heterocycles. The number of ether oxygens (including phenoxy) is 1. The van der Waals surface area contributed by atoms with E-state index in [1.807, 2.05) is 0 Å². The molecule has 0 fully saturated rings. The van der Waals surface area contributed by atoms with Gasteiger partial charge in [-0.3, -0.25) is 4.79 Å². The van der Waals surface area contributed by atoms with Crippen molar-refractivity contribution in [1.82, 2.24) is 4.98 Å². The van der Waals surface area contributed by atoms with Gasteiger partial charge < -0.3 is 10.1 Å². The van der Waals surface area contributed by atoms with E-state index in [9.17, 15) is 18.4 Å². The van der Waals surface area contributed by atoms with Crippen LogP contribution in [0.25, 0.3) is 0 Å². The van der Waals surface area contributed by atoms with Crippen molar-refractivity contribution in [3.63, 3.8) is 0 Å². The largest absolute Gasteiger partial charge is 0.452 e. The number of carbonyl (C=O) groups is 2. The Balaban J connectivity index is 1.89. The van der Waals surface area contributed by atoms with E-state index in [0.717, 1.165) is 12.1 Å². The number of hydrogen-bond donors (Lipinski definition) is 1. The van der Waals surface area contributed by atoms with E-state index < -0.39 is 30.1 Å². The van der Waals surface area contributed by atoms with Crippen LogP contribution in [-0.2, 0) is 9.53 Å². The Bertz CT molecular complexity index is 708. The highest BCUT2D eigenvalue weighted by atomic mass is 35.5. The molecule has 114 valence electrons. The van der Waals surface area contributed by atoms with E-state index in [0.29, 0.717) is 6.07 Å². The number of benzene rings is 1. The smallest absolute Gasteiger partial charge is 0.340 e. The second-order valence-electron chi connectivity index (χ2n) is 4.12. The first kappa shape index (κ1) is 15.8. The molecule has 1 amide bonds. The predicted molar refractivity (Wildman–Crippen MR) is 74.5 cm³/mol. The maximum absolute atomic E-state index is 13.3. The molecule has 2 rings (SSSR count). The van der Waals surface area contributed by atoms with Crippen molar-refractivity contribution in [3.8, 4) is 0 Å². The van der Waals surface area contributed by atoms with Crippen LogP contribution in [0.4, 0.5) is 14.5 Å². The Labute approximate surface area is 128 Å². The second-order valence-corrected chi connectivity index (χ2v) is 4.51. The number of amides is 1. The van der Waals surface area contributed by atoms with Crippen LogP contribution < -0.4 is 5.32 Å². The number of nitrogens with one attached hydrogen (secondary N) is 1. The number of carbonyl (C=O) groups excluding carboxylic acids is 2. The van der Waals surface area contributed by atoms with Gasteiger partial charge in [-0.25, -0.2) is 18.6 Å². The van der Waals surface area contributed by atoms with Crippen molar-refractivity contribution < 1.29 is 23.1 Å². The Hall–Kier alpha value is -2.54. The summed E-state index contributed by atoms with van der Waals surface area (Å²) in [6.07, 6.45) is 1.20. The number of halogens is 3. The lowest BCUT2D eigenvalue weighted by molar-refractivity contribution is -0.119. The van der Waals surface area contributed by atoms with Crippen LogP contribution in [0, 0.1) is 11.6 Å². The average Bonchev–Trinajstić information content (AvgIpc) is 2.48. The Kier molecular flexibility index (Phi) is 5.00. The fourth-order valence-electron chi connectivity index (χ4n) is 1.49. The third-order valence-electron chi connectivity index (χ3n) is 2.50. The highest BCUT2D eigenvalue weighted by molar-refractivity contribution is 6.29. The zero-order valence-electron chi connectivity index (χ0n) is 11.0. The van der Waals surface area contributed by atoms with E-state index >= 15 is 0 Å². The summed E-state index contributed by atoms with van der Waals surface area (Å²) in [5.74, 6) is -3.24. The van der Waals surface area contributed by atoms with Gasteiger partial charge in [-0.2, -0.15) is 0 Å². The maximum atomic E-state index is 13.3. The second kappa shape index (κ2) is 6.95. The lowest BCUT2D eigenvalue weighted by Gasteiger charge is -2.07. The maximum Gasteiger partial charge on any atom is 0.340 e. The molecule has 0 spiro atoms. The molecule has 8 heteroatoms. The summed E-state index contributed by atoms with van der Waals surface area (Å²) >= 11 is 5.57. The van der Waals surface area contributed by atoms with E-state index in [-0.39, 0.29) is 16.4 Å². The van der Waals surface area contributed by atoms with Gasteiger partial charge in [0.25, 0.3) is 5.91 Å². The molecular weight excluding hydrogens is 318 g/mol. The number of esters is 1. The molecule has 0 aliphatic heterocycles. The monoisotopic (exact) mass is 326 g/mol. The van der Waals surface area contributed by atoms with Crippen LogP contribution >= 0.6 is 11.6 Å². The summed E-state index contributed by atoms with van der Waals surface area (Å²) < 4.78 is 30.8. The topological polar surface area (TPSA) is 68.3 Å². The molecule has 1 heterocycles. The first-order valence-electron chi connectivity index (χ1n) is 5.99. The number of rotatable bonds is 4. The summed E-state index contributed by atoms with van der Waals surface area (Å²) in [6.45, 7) is -0.627. The van der Waals surface area contributed by atoms with Crippen molar-refractivity contribution in [3.05, 3.63) is 58.9 Å². The van der Waals surface area contributed by atoms with Gasteiger partial charge in [0.15, 0.2) is 6.61 Å². The van der Waals surface area contributed by atoms with E-state index in [1.54, 1.807) is 0 Å². The van der Waals surface area contributed by atoms with Crippen LogP contribution in [0.15, 0.2) is 36.5 Å². The van der Waals surface area contributed by atoms with Crippen molar-refractivity contribution in [2.75, 3.05) is 11.9 Å². The van der Waals surface area contributed by atoms with Gasteiger partial charge in [0, 0.05) is 12.3 Å². The van der Waals surface area contributed by atoms with Gasteiger partial charge in [-0.15, -0.1) is 0 Å². The van der Waals surface area contributed by atoms with Gasteiger partial charge >= 0.3 is 5.97 Å². The Morgan fingerprint density at radius 2 is 2.00 bits per heavy atom. The molecule has 2 aromatic rings. The molecule has 0 saturated carbocycles. The molecule has 22 heavy (non-hydrogen) atoms. The van der Waals surface area contributed by atoms with Crippen LogP contribution in [0.1, 0.15) is 10.4 Å². The molecular formula is C14H9ClF2N2O3. The first-order chi connectivity index (χ1) is 10.5. The fraction of sp³-hybridized carbons (Fsp3) is 0.0714. The summed E-state index contributed by atoms with van der Waals surface area (Å²) in [6, 6.07) is 5.46. The van der Waals surface area contributed by atoms with Crippen molar-refractivity contribution in [1.29, 1.82) is 0 Å². The molecule has 1 aromatic carbocycles. The predicted octanol–water partition coefficient (Wildman–Crippen LogP) is 2.81. The van der Waals surface area contributed by atoms with Gasteiger partial charge in [-0.1, -0.05) is 11.6 Å². The van der Waals surface area contributed by atoms with Crippen LogP contribution in [0.2, 0.25) is 5.15 Å². The molecule has 0 bridgehead atoms. The fourth-order valence-corrected chi connectivity index (χ4v) is 1.60. The van der Waals surface area contributed by atoms with Crippen LogP contribution in [0.5, 0.6) is 0 Å². The standard InChI is InChI=1S/C14H9ClF2N2O3/c15-12-4-1-8(6-18-12)14(21)22-7-13(20)19-11-3-2-9(16)5-10(11)17/h1-6H,7H2,(H,19,20). The van der Waals surface area contributed by atoms with Crippen molar-refractivity contribution in [2.24, 2.45) is 0 Å². The van der Waals surface area contributed by atoms with Crippen LogP contribution in [-0.4, -0.2) is 23.5 Å². The third-order valence-corrected chi connectivity index (χ3v) is 2.73. The van der Waals surface area contributed by atoms with Gasteiger partial charge in [0.1, 0.15) is 16.8 Å². The molecule has 5 nitrogen and oxygen atoms in total. The SMILES string of the molecule is O=C(COC(=O)c1ccc(Cl)nc1)Nc1ccc(F)cc1F. The number of nitrogens with zero attached hydrogens (tertiary/aromatic N) is 1. The lowest BCUT2D eigenvalue weighted by Crippen LogP contribution is -2.21. The molecule has 1 N–H and O–H groups in total. The Morgan fingerprint density at radius 1 is 1.23 bits per heavy atom.